The predicted octanol–water partition coefficient (Wildman–Crippen LogP) is 5.19. The first-order valence-electron chi connectivity index (χ1n) is 9.92. The smallest absolute Gasteiger partial charge is 0.341 e. The second-order valence-corrected chi connectivity index (χ2v) is 8.18. The maximum atomic E-state index is 11.8. The first kappa shape index (κ1) is 22.3. The molecule has 8 nitrogen and oxygen atoms in total. The van der Waals surface area contributed by atoms with Crippen LogP contribution in [-0.4, -0.2) is 37.3 Å². The average molecular weight is 509 g/mol. The zero-order chi connectivity index (χ0) is 23.5. The molecule has 0 aliphatic heterocycles. The van der Waals surface area contributed by atoms with Crippen LogP contribution in [0, 0.1) is 0 Å². The summed E-state index contributed by atoms with van der Waals surface area (Å²) >= 11 is 3.38. The Morgan fingerprint density at radius 2 is 1.55 bits per heavy atom. The van der Waals surface area contributed by atoms with Crippen LogP contribution in [0.25, 0.3) is 22.1 Å². The summed E-state index contributed by atoms with van der Waals surface area (Å²) in [6.07, 6.45) is 3.47. The summed E-state index contributed by atoms with van der Waals surface area (Å²) in [5.74, 6) is 0.851. The molecule has 0 bridgehead atoms. The molecule has 2 aromatic heterocycles. The molecule has 2 heterocycles. The summed E-state index contributed by atoms with van der Waals surface area (Å²) < 4.78 is 15.3. The largest absolute Gasteiger partial charge is 0.508 e. The third-order valence-electron chi connectivity index (χ3n) is 4.98. The van der Waals surface area contributed by atoms with Gasteiger partial charge in [0.1, 0.15) is 22.8 Å². The van der Waals surface area contributed by atoms with E-state index in [4.69, 9.17) is 14.6 Å². The minimum absolute atomic E-state index is 0.260. The van der Waals surface area contributed by atoms with E-state index >= 15 is 0 Å². The Bertz CT molecular complexity index is 1460. The first-order valence-corrected chi connectivity index (χ1v) is 10.7. The number of nitrogens with zero attached hydrogens (tertiary/aromatic N) is 4. The SMILES string of the molecule is COC(=O)c1ccc(Br)cc1Oc1ccc2c(c1)ncn2C.Cn1cnc2cc(O)ccc21. The predicted molar refractivity (Wildman–Crippen MR) is 129 cm³/mol. The number of benzene rings is 3. The zero-order valence-corrected chi connectivity index (χ0v) is 19.8. The number of phenols is 1. The van der Waals surface area contributed by atoms with Gasteiger partial charge in [-0.1, -0.05) is 15.9 Å². The highest BCUT2D eigenvalue weighted by Gasteiger charge is 2.14. The van der Waals surface area contributed by atoms with E-state index in [1.807, 2.05) is 47.5 Å². The molecule has 0 unspecified atom stereocenters. The van der Waals surface area contributed by atoms with Crippen molar-refractivity contribution in [2.75, 3.05) is 7.11 Å². The number of halogens is 1. The molecular formula is C24H21BrN4O4. The van der Waals surface area contributed by atoms with Gasteiger partial charge in [0.15, 0.2) is 0 Å². The molecule has 9 heteroatoms. The van der Waals surface area contributed by atoms with Crippen molar-refractivity contribution in [2.45, 2.75) is 0 Å². The number of aryl methyl sites for hydroxylation is 2. The van der Waals surface area contributed by atoms with Gasteiger partial charge in [0.25, 0.3) is 0 Å². The molecule has 3 aromatic carbocycles. The van der Waals surface area contributed by atoms with Crippen molar-refractivity contribution in [3.8, 4) is 17.2 Å². The van der Waals surface area contributed by atoms with Gasteiger partial charge < -0.3 is 23.7 Å². The molecule has 168 valence electrons. The van der Waals surface area contributed by atoms with Crippen LogP contribution in [0.3, 0.4) is 0 Å². The molecule has 0 aliphatic rings. The van der Waals surface area contributed by atoms with E-state index in [1.165, 1.54) is 7.11 Å². The number of hydrogen-bond acceptors (Lipinski definition) is 6. The lowest BCUT2D eigenvalue weighted by Gasteiger charge is -2.10. The van der Waals surface area contributed by atoms with Crippen molar-refractivity contribution in [1.29, 1.82) is 0 Å². The summed E-state index contributed by atoms with van der Waals surface area (Å²) in [6, 6.07) is 15.9. The molecule has 0 saturated carbocycles. The maximum Gasteiger partial charge on any atom is 0.341 e. The topological polar surface area (TPSA) is 91.4 Å². The van der Waals surface area contributed by atoms with Gasteiger partial charge >= 0.3 is 5.97 Å². The highest BCUT2D eigenvalue weighted by molar-refractivity contribution is 9.10. The Balaban J connectivity index is 0.000000196. The van der Waals surface area contributed by atoms with Crippen molar-refractivity contribution in [2.24, 2.45) is 14.1 Å². The lowest BCUT2D eigenvalue weighted by molar-refractivity contribution is 0.0598. The third kappa shape index (κ3) is 4.83. The van der Waals surface area contributed by atoms with Crippen molar-refractivity contribution in [3.63, 3.8) is 0 Å². The number of esters is 1. The molecule has 0 aliphatic carbocycles. The number of ether oxygens (including phenoxy) is 2. The van der Waals surface area contributed by atoms with Crippen LogP contribution in [0.2, 0.25) is 0 Å². The van der Waals surface area contributed by atoms with Crippen LogP contribution in [0.1, 0.15) is 10.4 Å². The Morgan fingerprint density at radius 3 is 2.21 bits per heavy atom. The molecular weight excluding hydrogens is 488 g/mol. The Morgan fingerprint density at radius 1 is 0.909 bits per heavy atom. The van der Waals surface area contributed by atoms with Crippen LogP contribution in [0.4, 0.5) is 0 Å². The van der Waals surface area contributed by atoms with Crippen LogP contribution < -0.4 is 4.74 Å². The van der Waals surface area contributed by atoms with Crippen molar-refractivity contribution in [3.05, 3.63) is 77.3 Å². The molecule has 5 aromatic rings. The fourth-order valence-electron chi connectivity index (χ4n) is 3.29. The lowest BCUT2D eigenvalue weighted by atomic mass is 10.2. The standard InChI is InChI=1S/C16H13BrN2O3.C8H8N2O/c1-19-9-18-13-8-11(4-6-14(13)19)22-15-7-10(17)3-5-12(15)16(20)21-2;1-10-5-9-7-4-6(11)2-3-8(7)10/h3-9H,1-2H3;2-5,11H,1H3. The highest BCUT2D eigenvalue weighted by atomic mass is 79.9. The number of fused-ring (bicyclic) bond motifs is 2. The van der Waals surface area contributed by atoms with Gasteiger partial charge in [0.2, 0.25) is 0 Å². The van der Waals surface area contributed by atoms with E-state index in [9.17, 15) is 4.79 Å². The van der Waals surface area contributed by atoms with E-state index in [-0.39, 0.29) is 5.75 Å². The van der Waals surface area contributed by atoms with Crippen LogP contribution >= 0.6 is 15.9 Å². The number of hydrogen-bond donors (Lipinski definition) is 1. The molecule has 0 radical (unpaired) electrons. The summed E-state index contributed by atoms with van der Waals surface area (Å²) in [4.78, 5) is 20.2. The Hall–Kier alpha value is -3.85. The van der Waals surface area contributed by atoms with Gasteiger partial charge in [-0.15, -0.1) is 0 Å². The number of imidazole rings is 2. The number of aromatic nitrogens is 4. The van der Waals surface area contributed by atoms with Crippen molar-refractivity contribution >= 4 is 44.0 Å². The molecule has 0 fully saturated rings. The van der Waals surface area contributed by atoms with E-state index in [0.717, 1.165) is 26.5 Å². The number of phenolic OH excluding ortho intramolecular Hbond substituents is 1. The van der Waals surface area contributed by atoms with Crippen molar-refractivity contribution in [1.82, 2.24) is 19.1 Å². The average Bonchev–Trinajstić information content (AvgIpc) is 3.35. The van der Waals surface area contributed by atoms with E-state index in [1.54, 1.807) is 43.0 Å². The summed E-state index contributed by atoms with van der Waals surface area (Å²) in [5.41, 5.74) is 4.06. The first-order chi connectivity index (χ1) is 15.9. The molecule has 1 N–H and O–H groups in total. The summed E-state index contributed by atoms with van der Waals surface area (Å²) in [5, 5.41) is 9.09. The van der Waals surface area contributed by atoms with Gasteiger partial charge in [-0.05, 0) is 42.5 Å². The normalized spacial score (nSPS) is 10.7. The van der Waals surface area contributed by atoms with Gasteiger partial charge in [-0.2, -0.15) is 0 Å². The zero-order valence-electron chi connectivity index (χ0n) is 18.2. The number of carbonyl (C=O) groups excluding carboxylic acids is 1. The van der Waals surface area contributed by atoms with Gasteiger partial charge in [0.05, 0.1) is 41.8 Å². The van der Waals surface area contributed by atoms with Crippen LogP contribution in [0.15, 0.2) is 71.7 Å². The number of rotatable bonds is 3. The molecule has 0 spiro atoms. The fraction of sp³-hybridized carbons (Fsp3) is 0.125. The lowest BCUT2D eigenvalue weighted by Crippen LogP contribution is -2.03. The minimum atomic E-state index is -0.443. The van der Waals surface area contributed by atoms with E-state index in [2.05, 4.69) is 25.9 Å². The second kappa shape index (κ2) is 9.33. The summed E-state index contributed by atoms with van der Waals surface area (Å²) in [7, 11) is 5.19. The Kier molecular flexibility index (Phi) is 6.32. The maximum absolute atomic E-state index is 11.8. The molecule has 0 atom stereocenters. The van der Waals surface area contributed by atoms with E-state index < -0.39 is 5.97 Å². The number of aromatic hydroxyl groups is 1. The molecule has 0 amide bonds. The van der Waals surface area contributed by atoms with Crippen LogP contribution in [0.5, 0.6) is 17.2 Å². The van der Waals surface area contributed by atoms with E-state index in [0.29, 0.717) is 17.1 Å². The molecule has 33 heavy (non-hydrogen) atoms. The highest BCUT2D eigenvalue weighted by Crippen LogP contribution is 2.30. The van der Waals surface area contributed by atoms with Crippen LogP contribution in [-0.2, 0) is 18.8 Å². The van der Waals surface area contributed by atoms with Gasteiger partial charge in [-0.3, -0.25) is 0 Å². The molecule has 0 saturated heterocycles. The van der Waals surface area contributed by atoms with Gasteiger partial charge in [-0.25, -0.2) is 14.8 Å². The third-order valence-corrected chi connectivity index (χ3v) is 5.48. The van der Waals surface area contributed by atoms with Crippen molar-refractivity contribution < 1.29 is 19.4 Å². The Labute approximate surface area is 198 Å². The van der Waals surface area contributed by atoms with Gasteiger partial charge in [0, 0.05) is 30.7 Å². The quantitative estimate of drug-likeness (QED) is 0.337. The number of methoxy groups -OCH3 is 1. The summed E-state index contributed by atoms with van der Waals surface area (Å²) in [6.45, 7) is 0. The second-order valence-electron chi connectivity index (χ2n) is 7.27. The monoisotopic (exact) mass is 508 g/mol. The minimum Gasteiger partial charge on any atom is -0.508 e. The number of carbonyl (C=O) groups is 1. The fourth-order valence-corrected chi connectivity index (χ4v) is 3.63. The molecule has 5 rings (SSSR count).